The number of ketones is 1. The first-order chi connectivity index (χ1) is 18.5. The lowest BCUT2D eigenvalue weighted by Crippen LogP contribution is -2.58. The fourth-order valence-electron chi connectivity index (χ4n) is 4.65. The summed E-state index contributed by atoms with van der Waals surface area (Å²) in [6.45, 7) is 0. The van der Waals surface area contributed by atoms with Crippen LogP contribution in [0.5, 0.6) is 11.5 Å². The minimum Gasteiger partial charge on any atom is -0.455 e. The number of carbonyl (C=O) groups is 2. The molecule has 0 spiro atoms. The average molecular weight is 558 g/mol. The molecule has 3 aromatic heterocycles. The third kappa shape index (κ3) is 4.45. The molecule has 1 N–H and O–H groups in total. The molecule has 1 amide bonds. The maximum atomic E-state index is 13.7. The van der Waals surface area contributed by atoms with Crippen LogP contribution in [0.4, 0.5) is 0 Å². The molecule has 1 aliphatic heterocycles. The molecule has 1 fully saturated rings. The van der Waals surface area contributed by atoms with E-state index in [1.54, 1.807) is 42.9 Å². The third-order valence-electron chi connectivity index (χ3n) is 6.44. The molecule has 1 aliphatic rings. The van der Waals surface area contributed by atoms with E-state index in [-0.39, 0.29) is 12.2 Å². The zero-order chi connectivity index (χ0) is 26.1. The van der Waals surface area contributed by atoms with Crippen LogP contribution in [-0.2, 0) is 15.1 Å². The molecule has 6 rings (SSSR count). The number of nitrogens with zero attached hydrogens (tertiary/aromatic N) is 2. The minimum absolute atomic E-state index is 0.0159. The van der Waals surface area contributed by atoms with Gasteiger partial charge >= 0.3 is 0 Å². The molecule has 2 atom stereocenters. The number of hydrogen-bond acceptors (Lipinski definition) is 7. The molecule has 1 saturated heterocycles. The molecule has 0 saturated carbocycles. The van der Waals surface area contributed by atoms with Crippen LogP contribution in [-0.4, -0.2) is 26.9 Å². The largest absolute Gasteiger partial charge is 0.455 e. The summed E-state index contributed by atoms with van der Waals surface area (Å²) in [5.41, 5.74) is 0.0428. The van der Waals surface area contributed by atoms with Crippen LogP contribution in [0.2, 0.25) is 5.02 Å². The van der Waals surface area contributed by atoms with Crippen LogP contribution in [0.3, 0.4) is 0 Å². The van der Waals surface area contributed by atoms with E-state index in [0.29, 0.717) is 27.1 Å². The molecule has 2 aromatic carbocycles. The van der Waals surface area contributed by atoms with Gasteiger partial charge in [0.15, 0.2) is 11.5 Å². The van der Waals surface area contributed by atoms with E-state index >= 15 is 0 Å². The fourth-order valence-corrected chi connectivity index (χ4v) is 6.63. The Labute approximate surface area is 232 Å². The number of fused-ring (bicyclic) bond motifs is 1. The number of nitrogens with one attached hydrogen (secondary N) is 1. The van der Waals surface area contributed by atoms with Crippen molar-refractivity contribution in [3.8, 4) is 11.5 Å². The van der Waals surface area contributed by atoms with Gasteiger partial charge in [0.2, 0.25) is 5.91 Å². The molecule has 188 valence electrons. The number of thiophene rings is 1. The topological polar surface area (TPSA) is 81.2 Å². The molecule has 0 bridgehead atoms. The molecule has 6 nitrogen and oxygen atoms in total. The summed E-state index contributed by atoms with van der Waals surface area (Å²) in [4.78, 5) is 36.8. The summed E-state index contributed by atoms with van der Waals surface area (Å²) in [5, 5.41) is 8.39. The number of ether oxygens (including phenoxy) is 1. The number of Topliss-reactive ketones (excluding diaryl/α,β-unsaturated/α-hetero) is 1. The van der Waals surface area contributed by atoms with E-state index in [0.717, 1.165) is 28.1 Å². The lowest BCUT2D eigenvalue weighted by Gasteiger charge is -2.39. The van der Waals surface area contributed by atoms with E-state index in [4.69, 9.17) is 16.3 Å². The summed E-state index contributed by atoms with van der Waals surface area (Å²) >= 11 is 8.96. The zero-order valence-electron chi connectivity index (χ0n) is 19.8. The van der Waals surface area contributed by atoms with Crippen molar-refractivity contribution >= 4 is 57.2 Å². The van der Waals surface area contributed by atoms with Crippen LogP contribution in [0.1, 0.15) is 17.7 Å². The van der Waals surface area contributed by atoms with Gasteiger partial charge in [-0.3, -0.25) is 19.6 Å². The Hall–Kier alpha value is -3.72. The van der Waals surface area contributed by atoms with Gasteiger partial charge in [-0.05, 0) is 64.2 Å². The highest BCUT2D eigenvalue weighted by Gasteiger charge is 2.50. The van der Waals surface area contributed by atoms with Crippen molar-refractivity contribution in [3.05, 3.63) is 112 Å². The lowest BCUT2D eigenvalue weighted by molar-refractivity contribution is -0.133. The first kappa shape index (κ1) is 24.6. The number of hydrogen-bond donors (Lipinski definition) is 1. The fraction of sp³-hybridized carbons (Fsp3) is 0.103. The molecular formula is C29H20ClN3O3S2. The van der Waals surface area contributed by atoms with E-state index < -0.39 is 16.7 Å². The second-order valence-electron chi connectivity index (χ2n) is 8.78. The SMILES string of the molecule is O=C1CC(c2ccsc2)(c2ncccc2Oc2cccc3ccncc23)NC(=O)C1Sc1ccccc1Cl. The number of thioether (sulfide) groups is 1. The summed E-state index contributed by atoms with van der Waals surface area (Å²) in [7, 11) is 0. The third-order valence-corrected chi connectivity index (χ3v) is 8.89. The Morgan fingerprint density at radius 2 is 1.87 bits per heavy atom. The highest BCUT2D eigenvalue weighted by Crippen LogP contribution is 2.44. The van der Waals surface area contributed by atoms with Gasteiger partial charge in [0.05, 0.1) is 5.02 Å². The molecular weight excluding hydrogens is 538 g/mol. The monoisotopic (exact) mass is 557 g/mol. The van der Waals surface area contributed by atoms with Gasteiger partial charge in [0.1, 0.15) is 22.2 Å². The molecule has 0 aliphatic carbocycles. The predicted molar refractivity (Wildman–Crippen MR) is 150 cm³/mol. The number of amides is 1. The van der Waals surface area contributed by atoms with Gasteiger partial charge in [-0.2, -0.15) is 11.3 Å². The first-order valence-electron chi connectivity index (χ1n) is 11.8. The van der Waals surface area contributed by atoms with Crippen molar-refractivity contribution in [2.45, 2.75) is 22.1 Å². The second kappa shape index (κ2) is 10.2. The highest BCUT2D eigenvalue weighted by atomic mass is 35.5. The Balaban J connectivity index is 1.41. The van der Waals surface area contributed by atoms with E-state index in [2.05, 4.69) is 15.3 Å². The van der Waals surface area contributed by atoms with Crippen molar-refractivity contribution in [1.82, 2.24) is 15.3 Å². The normalized spacial score (nSPS) is 19.3. The van der Waals surface area contributed by atoms with Gasteiger partial charge in [-0.1, -0.05) is 35.9 Å². The zero-order valence-corrected chi connectivity index (χ0v) is 22.2. The Morgan fingerprint density at radius 3 is 2.68 bits per heavy atom. The Morgan fingerprint density at radius 1 is 1.00 bits per heavy atom. The van der Waals surface area contributed by atoms with Gasteiger partial charge in [-0.15, -0.1) is 11.8 Å². The van der Waals surface area contributed by atoms with Crippen molar-refractivity contribution < 1.29 is 14.3 Å². The number of halogens is 1. The van der Waals surface area contributed by atoms with Gasteiger partial charge in [0.25, 0.3) is 0 Å². The lowest BCUT2D eigenvalue weighted by atomic mass is 9.79. The van der Waals surface area contributed by atoms with Gasteiger partial charge in [0, 0.05) is 35.3 Å². The first-order valence-corrected chi connectivity index (χ1v) is 14.0. The standard InChI is InChI=1S/C29H20ClN3O3S2/c30-21-6-1-2-9-25(21)38-26-22(34)15-29(33-28(26)35,19-11-14-37-17-19)27-24(8-4-12-32-27)36-23-7-3-5-18-10-13-31-16-20(18)23/h1-14,16-17,26H,15H2,(H,33,35). The van der Waals surface area contributed by atoms with Crippen molar-refractivity contribution in [3.63, 3.8) is 0 Å². The number of pyridine rings is 2. The number of piperidine rings is 1. The van der Waals surface area contributed by atoms with E-state index in [1.807, 2.05) is 53.2 Å². The quantitative estimate of drug-likeness (QED) is 0.236. The molecule has 38 heavy (non-hydrogen) atoms. The van der Waals surface area contributed by atoms with Crippen molar-refractivity contribution in [1.29, 1.82) is 0 Å². The van der Waals surface area contributed by atoms with E-state index in [9.17, 15) is 9.59 Å². The van der Waals surface area contributed by atoms with Crippen LogP contribution >= 0.6 is 34.7 Å². The van der Waals surface area contributed by atoms with Crippen molar-refractivity contribution in [2.24, 2.45) is 0 Å². The van der Waals surface area contributed by atoms with E-state index in [1.165, 1.54) is 11.3 Å². The highest BCUT2D eigenvalue weighted by molar-refractivity contribution is 8.01. The number of aromatic nitrogens is 2. The smallest absolute Gasteiger partial charge is 0.242 e. The predicted octanol–water partition coefficient (Wildman–Crippen LogP) is 6.63. The van der Waals surface area contributed by atoms with Crippen molar-refractivity contribution in [2.75, 3.05) is 0 Å². The summed E-state index contributed by atoms with van der Waals surface area (Å²) < 4.78 is 6.42. The summed E-state index contributed by atoms with van der Waals surface area (Å²) in [6, 6.07) is 20.3. The maximum Gasteiger partial charge on any atom is 0.242 e. The average Bonchev–Trinajstić information content (AvgIpc) is 3.48. The molecule has 5 aromatic rings. The molecule has 2 unspecified atom stereocenters. The van der Waals surface area contributed by atoms with Crippen LogP contribution in [0.15, 0.2) is 101 Å². The summed E-state index contributed by atoms with van der Waals surface area (Å²) in [6.07, 6.45) is 5.13. The Bertz CT molecular complexity index is 1640. The van der Waals surface area contributed by atoms with Crippen LogP contribution in [0, 0.1) is 0 Å². The van der Waals surface area contributed by atoms with Crippen LogP contribution < -0.4 is 10.1 Å². The number of carbonyl (C=O) groups excluding carboxylic acids is 2. The van der Waals surface area contributed by atoms with Crippen LogP contribution in [0.25, 0.3) is 10.8 Å². The second-order valence-corrected chi connectivity index (χ2v) is 11.1. The van der Waals surface area contributed by atoms with Gasteiger partial charge in [-0.25, -0.2) is 0 Å². The minimum atomic E-state index is -1.19. The number of benzene rings is 2. The number of rotatable bonds is 6. The maximum absolute atomic E-state index is 13.7. The summed E-state index contributed by atoms with van der Waals surface area (Å²) in [5.74, 6) is 0.436. The van der Waals surface area contributed by atoms with Gasteiger partial charge < -0.3 is 10.1 Å². The molecule has 4 heterocycles. The molecule has 0 radical (unpaired) electrons. The molecule has 9 heteroatoms. The Kier molecular flexibility index (Phi) is 6.61.